The SMILES string of the molecule is O=C(COc1ccc(C(=O)/C=C/C2C=CC=C2)cc1)OCCSSCCO. The maximum absolute atomic E-state index is 12.1. The van der Waals surface area contributed by atoms with Gasteiger partial charge in [0.05, 0.1) is 6.61 Å². The number of esters is 1. The Bertz CT molecular complexity index is 683. The fraction of sp³-hybridized carbons (Fsp3) is 0.300. The highest BCUT2D eigenvalue weighted by Gasteiger charge is 2.07. The molecule has 0 heterocycles. The Morgan fingerprint density at radius 3 is 2.48 bits per heavy atom. The highest BCUT2D eigenvalue weighted by Crippen LogP contribution is 2.19. The second-order valence-electron chi connectivity index (χ2n) is 5.47. The van der Waals surface area contributed by atoms with Crippen LogP contribution in [-0.2, 0) is 9.53 Å². The first-order valence-corrected chi connectivity index (χ1v) is 11.0. The topological polar surface area (TPSA) is 72.8 Å². The smallest absolute Gasteiger partial charge is 0.344 e. The number of carbonyl (C=O) groups excluding carboxylic acids is 2. The molecule has 0 bridgehead atoms. The van der Waals surface area contributed by atoms with Crippen molar-refractivity contribution in [2.24, 2.45) is 5.92 Å². The second-order valence-corrected chi connectivity index (χ2v) is 8.17. The number of hydrogen-bond donors (Lipinski definition) is 1. The number of rotatable bonds is 12. The van der Waals surface area contributed by atoms with Gasteiger partial charge in [0.1, 0.15) is 12.4 Å². The van der Waals surface area contributed by atoms with Crippen molar-refractivity contribution in [1.82, 2.24) is 0 Å². The lowest BCUT2D eigenvalue weighted by Crippen LogP contribution is -2.16. The molecular formula is C20H22O5S2. The number of aliphatic hydroxyl groups excluding tert-OH is 1. The van der Waals surface area contributed by atoms with Crippen molar-refractivity contribution < 1.29 is 24.2 Å². The van der Waals surface area contributed by atoms with Gasteiger partial charge in [0.2, 0.25) is 0 Å². The Morgan fingerprint density at radius 2 is 1.78 bits per heavy atom. The average molecular weight is 407 g/mol. The molecule has 0 saturated heterocycles. The van der Waals surface area contributed by atoms with Crippen LogP contribution in [0.25, 0.3) is 0 Å². The molecule has 0 spiro atoms. The van der Waals surface area contributed by atoms with Crippen LogP contribution in [0.5, 0.6) is 5.75 Å². The molecule has 0 amide bonds. The summed E-state index contributed by atoms with van der Waals surface area (Å²) in [6, 6.07) is 6.65. The Kier molecular flexibility index (Phi) is 9.83. The Balaban J connectivity index is 1.67. The summed E-state index contributed by atoms with van der Waals surface area (Å²) in [5.74, 6) is 1.48. The van der Waals surface area contributed by atoms with E-state index in [1.54, 1.807) is 41.1 Å². The molecule has 144 valence electrons. The van der Waals surface area contributed by atoms with E-state index in [4.69, 9.17) is 14.6 Å². The maximum Gasteiger partial charge on any atom is 0.344 e. The van der Waals surface area contributed by atoms with E-state index < -0.39 is 5.97 Å². The van der Waals surface area contributed by atoms with Gasteiger partial charge in [-0.3, -0.25) is 4.79 Å². The van der Waals surface area contributed by atoms with E-state index in [0.29, 0.717) is 29.4 Å². The van der Waals surface area contributed by atoms with Gasteiger partial charge in [-0.2, -0.15) is 0 Å². The van der Waals surface area contributed by atoms with Crippen LogP contribution >= 0.6 is 21.6 Å². The van der Waals surface area contributed by atoms with Crippen LogP contribution in [-0.4, -0.2) is 48.2 Å². The summed E-state index contributed by atoms with van der Waals surface area (Å²) in [6.07, 6.45) is 11.3. The van der Waals surface area contributed by atoms with Crippen molar-refractivity contribution in [2.75, 3.05) is 31.3 Å². The molecule has 1 aromatic carbocycles. The summed E-state index contributed by atoms with van der Waals surface area (Å²) in [6.45, 7) is 0.263. The number of allylic oxidation sites excluding steroid dienone is 6. The zero-order valence-corrected chi connectivity index (χ0v) is 16.4. The zero-order chi connectivity index (χ0) is 19.3. The Hall–Kier alpha value is -1.96. The van der Waals surface area contributed by atoms with Gasteiger partial charge < -0.3 is 14.6 Å². The molecule has 7 heteroatoms. The Labute approximate surface area is 166 Å². The van der Waals surface area contributed by atoms with Gasteiger partial charge in [0, 0.05) is 23.0 Å². The summed E-state index contributed by atoms with van der Waals surface area (Å²) in [7, 11) is 3.08. The number of hydrogen-bond acceptors (Lipinski definition) is 7. The number of aliphatic hydroxyl groups is 1. The first-order chi connectivity index (χ1) is 13.2. The molecule has 1 aliphatic carbocycles. The highest BCUT2D eigenvalue weighted by atomic mass is 33.1. The van der Waals surface area contributed by atoms with Crippen LogP contribution in [0.15, 0.2) is 60.7 Å². The third kappa shape index (κ3) is 8.51. The average Bonchev–Trinajstić information content (AvgIpc) is 3.21. The first-order valence-electron chi connectivity index (χ1n) is 8.50. The number of benzene rings is 1. The largest absolute Gasteiger partial charge is 0.482 e. The summed E-state index contributed by atoms with van der Waals surface area (Å²) in [5, 5.41) is 8.65. The lowest BCUT2D eigenvalue weighted by molar-refractivity contribution is -0.145. The highest BCUT2D eigenvalue weighted by molar-refractivity contribution is 8.76. The molecule has 1 aliphatic rings. The molecule has 2 rings (SSSR count). The molecule has 0 aliphatic heterocycles. The molecule has 0 radical (unpaired) electrons. The van der Waals surface area contributed by atoms with Gasteiger partial charge in [-0.25, -0.2) is 4.79 Å². The molecule has 1 N–H and O–H groups in total. The van der Waals surface area contributed by atoms with Crippen LogP contribution < -0.4 is 4.74 Å². The maximum atomic E-state index is 12.1. The van der Waals surface area contributed by atoms with E-state index in [-0.39, 0.29) is 24.9 Å². The van der Waals surface area contributed by atoms with Crippen LogP contribution in [0.1, 0.15) is 10.4 Å². The minimum absolute atomic E-state index is 0.0776. The molecule has 0 aromatic heterocycles. The van der Waals surface area contributed by atoms with E-state index in [1.807, 2.05) is 30.4 Å². The molecule has 0 atom stereocenters. The van der Waals surface area contributed by atoms with E-state index in [0.717, 1.165) is 0 Å². The molecule has 1 aromatic rings. The number of carbonyl (C=O) groups is 2. The monoisotopic (exact) mass is 406 g/mol. The lowest BCUT2D eigenvalue weighted by Gasteiger charge is -2.07. The molecule has 27 heavy (non-hydrogen) atoms. The van der Waals surface area contributed by atoms with E-state index in [2.05, 4.69) is 0 Å². The van der Waals surface area contributed by atoms with Gasteiger partial charge in [-0.05, 0) is 30.3 Å². The molecule has 0 unspecified atom stereocenters. The fourth-order valence-corrected chi connectivity index (χ4v) is 3.71. The summed E-state index contributed by atoms with van der Waals surface area (Å²) in [4.78, 5) is 23.7. The van der Waals surface area contributed by atoms with Crippen molar-refractivity contribution in [3.8, 4) is 5.75 Å². The van der Waals surface area contributed by atoms with Crippen LogP contribution in [0, 0.1) is 5.92 Å². The molecular weight excluding hydrogens is 384 g/mol. The predicted octanol–water partition coefficient (Wildman–Crippen LogP) is 3.46. The van der Waals surface area contributed by atoms with Crippen molar-refractivity contribution in [2.45, 2.75) is 0 Å². The minimum atomic E-state index is -0.441. The second kappa shape index (κ2) is 12.4. The normalized spacial score (nSPS) is 13.4. The molecule has 5 nitrogen and oxygen atoms in total. The third-order valence-electron chi connectivity index (χ3n) is 3.43. The van der Waals surface area contributed by atoms with Gasteiger partial charge >= 0.3 is 5.97 Å². The van der Waals surface area contributed by atoms with Gasteiger partial charge in [0.15, 0.2) is 12.4 Å². The van der Waals surface area contributed by atoms with Crippen LogP contribution in [0.3, 0.4) is 0 Å². The summed E-state index contributed by atoms with van der Waals surface area (Å²) >= 11 is 0. The summed E-state index contributed by atoms with van der Waals surface area (Å²) in [5.41, 5.74) is 0.560. The van der Waals surface area contributed by atoms with E-state index in [1.165, 1.54) is 10.8 Å². The van der Waals surface area contributed by atoms with Crippen LogP contribution in [0.2, 0.25) is 0 Å². The number of ether oxygens (including phenoxy) is 2. The van der Waals surface area contributed by atoms with Crippen molar-refractivity contribution in [1.29, 1.82) is 0 Å². The van der Waals surface area contributed by atoms with E-state index in [9.17, 15) is 9.59 Å². The van der Waals surface area contributed by atoms with Crippen molar-refractivity contribution in [3.63, 3.8) is 0 Å². The quantitative estimate of drug-likeness (QED) is 0.187. The molecule has 0 saturated carbocycles. The van der Waals surface area contributed by atoms with Gasteiger partial charge in [0.25, 0.3) is 0 Å². The van der Waals surface area contributed by atoms with Crippen molar-refractivity contribution >= 4 is 33.3 Å². The van der Waals surface area contributed by atoms with Gasteiger partial charge in [-0.15, -0.1) is 0 Å². The third-order valence-corrected chi connectivity index (χ3v) is 5.78. The zero-order valence-electron chi connectivity index (χ0n) is 14.8. The fourth-order valence-electron chi connectivity index (χ4n) is 2.12. The number of ketones is 1. The van der Waals surface area contributed by atoms with Gasteiger partial charge in [-0.1, -0.05) is 52.0 Å². The minimum Gasteiger partial charge on any atom is -0.482 e. The summed E-state index contributed by atoms with van der Waals surface area (Å²) < 4.78 is 10.4. The van der Waals surface area contributed by atoms with Crippen LogP contribution in [0.4, 0.5) is 0 Å². The predicted molar refractivity (Wildman–Crippen MR) is 110 cm³/mol. The van der Waals surface area contributed by atoms with Crippen molar-refractivity contribution in [3.05, 3.63) is 66.3 Å². The molecule has 0 fully saturated rings. The van der Waals surface area contributed by atoms with E-state index >= 15 is 0 Å². The lowest BCUT2D eigenvalue weighted by atomic mass is 10.1. The first kappa shape index (κ1) is 21.3. The Morgan fingerprint density at radius 1 is 1.07 bits per heavy atom. The standard InChI is InChI=1S/C20H22O5S2/c21-11-13-26-27-14-12-24-20(23)15-25-18-8-6-17(7-9-18)19(22)10-5-16-3-1-2-4-16/h1-10,16,21H,11-15H2/b10-5+.